The molecule has 136 valence electrons. The van der Waals surface area contributed by atoms with Crippen LogP contribution in [-0.2, 0) is 16.6 Å². The van der Waals surface area contributed by atoms with Crippen LogP contribution in [0.5, 0.6) is 0 Å². The van der Waals surface area contributed by atoms with Crippen molar-refractivity contribution in [1.82, 2.24) is 14.3 Å². The highest BCUT2D eigenvalue weighted by atomic mass is 32.2. The molecular formula is C18H19N3O4S. The Morgan fingerprint density at radius 2 is 1.81 bits per heavy atom. The molecule has 7 nitrogen and oxygen atoms in total. The number of aromatic amines is 1. The fraction of sp³-hybridized carbons (Fsp3) is 0.222. The first-order chi connectivity index (χ1) is 12.3. The van der Waals surface area contributed by atoms with E-state index in [1.165, 1.54) is 4.57 Å². The second-order valence-corrected chi connectivity index (χ2v) is 7.83. The van der Waals surface area contributed by atoms with E-state index in [0.29, 0.717) is 16.6 Å². The first kappa shape index (κ1) is 18.1. The second-order valence-electron chi connectivity index (χ2n) is 6.09. The molecule has 0 atom stereocenters. The van der Waals surface area contributed by atoms with Crippen molar-refractivity contribution in [3.05, 3.63) is 74.3 Å². The lowest BCUT2D eigenvalue weighted by atomic mass is 10.2. The van der Waals surface area contributed by atoms with Gasteiger partial charge in [-0.05, 0) is 43.2 Å². The van der Waals surface area contributed by atoms with E-state index in [9.17, 15) is 18.0 Å². The summed E-state index contributed by atoms with van der Waals surface area (Å²) in [6.45, 7) is 3.58. The van der Waals surface area contributed by atoms with Crippen LogP contribution in [0.3, 0.4) is 0 Å². The predicted molar refractivity (Wildman–Crippen MR) is 99.9 cm³/mol. The van der Waals surface area contributed by atoms with Crippen LogP contribution in [0.15, 0.2) is 56.9 Å². The van der Waals surface area contributed by atoms with Crippen molar-refractivity contribution in [3.8, 4) is 0 Å². The Morgan fingerprint density at radius 1 is 1.08 bits per heavy atom. The van der Waals surface area contributed by atoms with Crippen molar-refractivity contribution in [2.75, 3.05) is 6.54 Å². The SMILES string of the molecule is Cc1ccc(C)c(S(=O)(=O)NCCn2c(=O)c(=O)[nH]c3ccccc32)c1. The third-order valence-electron chi connectivity index (χ3n) is 4.14. The minimum atomic E-state index is -3.71. The van der Waals surface area contributed by atoms with E-state index in [1.807, 2.05) is 13.0 Å². The molecule has 2 aromatic carbocycles. The Bertz CT molecular complexity index is 1190. The third kappa shape index (κ3) is 3.47. The number of para-hydroxylation sites is 2. The van der Waals surface area contributed by atoms with Gasteiger partial charge in [0.15, 0.2) is 0 Å². The first-order valence-electron chi connectivity index (χ1n) is 8.08. The van der Waals surface area contributed by atoms with Crippen molar-refractivity contribution in [1.29, 1.82) is 0 Å². The Balaban J connectivity index is 1.88. The third-order valence-corrected chi connectivity index (χ3v) is 5.75. The highest BCUT2D eigenvalue weighted by molar-refractivity contribution is 7.89. The van der Waals surface area contributed by atoms with E-state index >= 15 is 0 Å². The Labute approximate surface area is 150 Å². The molecule has 0 amide bonds. The topological polar surface area (TPSA) is 101 Å². The molecule has 1 heterocycles. The molecule has 26 heavy (non-hydrogen) atoms. The van der Waals surface area contributed by atoms with Gasteiger partial charge in [0.2, 0.25) is 10.0 Å². The maximum atomic E-state index is 12.5. The van der Waals surface area contributed by atoms with Crippen LogP contribution in [0.25, 0.3) is 11.0 Å². The summed E-state index contributed by atoms with van der Waals surface area (Å²) in [5.74, 6) is 0. The zero-order valence-corrected chi connectivity index (χ0v) is 15.3. The highest BCUT2D eigenvalue weighted by Crippen LogP contribution is 2.16. The van der Waals surface area contributed by atoms with Crippen molar-refractivity contribution in [2.24, 2.45) is 0 Å². The normalized spacial score (nSPS) is 11.8. The minimum absolute atomic E-state index is 0.0108. The molecular weight excluding hydrogens is 354 g/mol. The number of nitrogens with zero attached hydrogens (tertiary/aromatic N) is 1. The largest absolute Gasteiger partial charge is 0.316 e. The van der Waals surface area contributed by atoms with Crippen molar-refractivity contribution in [2.45, 2.75) is 25.3 Å². The summed E-state index contributed by atoms with van der Waals surface area (Å²) in [5, 5.41) is 0. The van der Waals surface area contributed by atoms with E-state index in [4.69, 9.17) is 0 Å². The van der Waals surface area contributed by atoms with Crippen LogP contribution in [0.2, 0.25) is 0 Å². The maximum Gasteiger partial charge on any atom is 0.316 e. The Kier molecular flexibility index (Phi) is 4.80. The van der Waals surface area contributed by atoms with Gasteiger partial charge in [-0.25, -0.2) is 13.1 Å². The number of hydrogen-bond donors (Lipinski definition) is 2. The van der Waals surface area contributed by atoms with Crippen molar-refractivity contribution >= 4 is 21.1 Å². The predicted octanol–water partition coefficient (Wildman–Crippen LogP) is 1.29. The van der Waals surface area contributed by atoms with Gasteiger partial charge in [-0.1, -0.05) is 24.3 Å². The molecule has 0 fully saturated rings. The molecule has 0 saturated carbocycles. The van der Waals surface area contributed by atoms with Gasteiger partial charge in [0.1, 0.15) is 0 Å². The summed E-state index contributed by atoms with van der Waals surface area (Å²) in [5.41, 5.74) is 1.10. The van der Waals surface area contributed by atoms with Crippen LogP contribution in [0.1, 0.15) is 11.1 Å². The molecule has 3 rings (SSSR count). The number of sulfonamides is 1. The Morgan fingerprint density at radius 3 is 2.58 bits per heavy atom. The van der Waals surface area contributed by atoms with E-state index in [0.717, 1.165) is 5.56 Å². The average Bonchev–Trinajstić information content (AvgIpc) is 2.60. The molecule has 0 aliphatic rings. The van der Waals surface area contributed by atoms with Gasteiger partial charge < -0.3 is 9.55 Å². The molecule has 0 aliphatic heterocycles. The molecule has 1 aromatic heterocycles. The molecule has 0 unspecified atom stereocenters. The summed E-state index contributed by atoms with van der Waals surface area (Å²) < 4.78 is 28.9. The lowest BCUT2D eigenvalue weighted by Crippen LogP contribution is -2.39. The van der Waals surface area contributed by atoms with Gasteiger partial charge >= 0.3 is 11.1 Å². The highest BCUT2D eigenvalue weighted by Gasteiger charge is 2.17. The monoisotopic (exact) mass is 373 g/mol. The zero-order chi connectivity index (χ0) is 18.9. The van der Waals surface area contributed by atoms with Gasteiger partial charge in [0.05, 0.1) is 15.9 Å². The molecule has 0 aliphatic carbocycles. The van der Waals surface area contributed by atoms with Gasteiger partial charge in [0, 0.05) is 13.1 Å². The van der Waals surface area contributed by atoms with Crippen LogP contribution in [-0.4, -0.2) is 24.5 Å². The van der Waals surface area contributed by atoms with Gasteiger partial charge in [-0.3, -0.25) is 9.59 Å². The average molecular weight is 373 g/mol. The minimum Gasteiger partial charge on any atom is -0.316 e. The van der Waals surface area contributed by atoms with Gasteiger partial charge in [-0.2, -0.15) is 0 Å². The van der Waals surface area contributed by atoms with Gasteiger partial charge in [0.25, 0.3) is 0 Å². The smallest absolute Gasteiger partial charge is 0.316 e. The number of aromatic nitrogens is 2. The zero-order valence-electron chi connectivity index (χ0n) is 14.4. The molecule has 3 aromatic rings. The standard InChI is InChI=1S/C18H19N3O4S/c1-12-7-8-13(2)16(11-12)26(24,25)19-9-10-21-15-6-4-3-5-14(15)20-17(22)18(21)23/h3-8,11,19H,9-10H2,1-2H3,(H,20,22). The number of fused-ring (bicyclic) bond motifs is 1. The molecule has 0 saturated heterocycles. The number of H-pyrrole nitrogens is 1. The summed E-state index contributed by atoms with van der Waals surface area (Å²) >= 11 is 0. The number of hydrogen-bond acceptors (Lipinski definition) is 4. The van der Waals surface area contributed by atoms with Crippen LogP contribution in [0.4, 0.5) is 0 Å². The fourth-order valence-electron chi connectivity index (χ4n) is 2.81. The molecule has 0 spiro atoms. The lowest BCUT2D eigenvalue weighted by molar-refractivity contribution is 0.571. The number of benzene rings is 2. The first-order valence-corrected chi connectivity index (χ1v) is 9.57. The summed E-state index contributed by atoms with van der Waals surface area (Å²) in [6, 6.07) is 12.1. The van der Waals surface area contributed by atoms with Gasteiger partial charge in [-0.15, -0.1) is 0 Å². The fourth-order valence-corrected chi connectivity index (χ4v) is 4.16. The summed E-state index contributed by atoms with van der Waals surface area (Å²) in [4.78, 5) is 26.7. The van der Waals surface area contributed by atoms with E-state index in [-0.39, 0.29) is 18.0 Å². The van der Waals surface area contributed by atoms with E-state index < -0.39 is 21.1 Å². The molecule has 0 bridgehead atoms. The quantitative estimate of drug-likeness (QED) is 0.658. The van der Waals surface area contributed by atoms with Crippen molar-refractivity contribution < 1.29 is 8.42 Å². The molecule has 0 radical (unpaired) electrons. The summed E-state index contributed by atoms with van der Waals surface area (Å²) in [7, 11) is -3.71. The van der Waals surface area contributed by atoms with Crippen LogP contribution >= 0.6 is 0 Å². The van der Waals surface area contributed by atoms with Crippen LogP contribution < -0.4 is 15.8 Å². The maximum absolute atomic E-state index is 12.5. The molecule has 8 heteroatoms. The van der Waals surface area contributed by atoms with E-state index in [1.54, 1.807) is 43.3 Å². The lowest BCUT2D eigenvalue weighted by Gasteiger charge is -2.12. The van der Waals surface area contributed by atoms with E-state index in [2.05, 4.69) is 9.71 Å². The van der Waals surface area contributed by atoms with Crippen molar-refractivity contribution in [3.63, 3.8) is 0 Å². The number of rotatable bonds is 5. The molecule has 2 N–H and O–H groups in total. The Hall–Kier alpha value is -2.71. The number of aryl methyl sites for hydroxylation is 2. The summed E-state index contributed by atoms with van der Waals surface area (Å²) in [6.07, 6.45) is 0. The second kappa shape index (κ2) is 6.89. The number of nitrogens with one attached hydrogen (secondary N) is 2. The van der Waals surface area contributed by atoms with Crippen LogP contribution in [0, 0.1) is 13.8 Å².